The fraction of sp³-hybridized carbons (Fsp3) is 0.650. The predicted octanol–water partition coefficient (Wildman–Crippen LogP) is 4.61. The first-order valence-electron chi connectivity index (χ1n) is 8.80. The van der Waals surface area contributed by atoms with Crippen molar-refractivity contribution in [1.29, 1.82) is 0 Å². The van der Waals surface area contributed by atoms with Crippen LogP contribution in [-0.4, -0.2) is 16.2 Å². The summed E-state index contributed by atoms with van der Waals surface area (Å²) in [6.45, 7) is 8.36. The number of hydrogen-bond acceptors (Lipinski definition) is 2. The Labute approximate surface area is 138 Å². The third-order valence-corrected chi connectivity index (χ3v) is 6.61. The van der Waals surface area contributed by atoms with Crippen LogP contribution >= 0.6 is 0 Å². The molecule has 126 valence electrons. The maximum Gasteiger partial charge on any atom is 0.309 e. The minimum Gasteiger partial charge on any atom is -0.508 e. The lowest BCUT2D eigenvalue weighted by atomic mass is 9.49. The lowest BCUT2D eigenvalue weighted by Crippen LogP contribution is -2.52. The Hall–Kier alpha value is -1.51. The zero-order valence-corrected chi connectivity index (χ0v) is 14.6. The summed E-state index contributed by atoms with van der Waals surface area (Å²) in [7, 11) is 0. The Bertz CT molecular complexity index is 649. The number of hydrogen-bond donors (Lipinski definition) is 2. The van der Waals surface area contributed by atoms with Crippen LogP contribution in [0.1, 0.15) is 76.0 Å². The van der Waals surface area contributed by atoms with Crippen molar-refractivity contribution in [1.82, 2.24) is 0 Å². The van der Waals surface area contributed by atoms with Crippen molar-refractivity contribution in [3.05, 3.63) is 28.8 Å². The molecule has 2 N–H and O–H groups in total. The van der Waals surface area contributed by atoms with E-state index in [-0.39, 0.29) is 17.3 Å². The quantitative estimate of drug-likeness (QED) is 0.837. The average molecular weight is 316 g/mol. The molecule has 0 radical (unpaired) electrons. The molecule has 3 rings (SSSR count). The highest BCUT2D eigenvalue weighted by molar-refractivity contribution is 5.75. The highest BCUT2D eigenvalue weighted by Crippen LogP contribution is 2.58. The zero-order valence-electron chi connectivity index (χ0n) is 14.6. The molecule has 0 spiro atoms. The van der Waals surface area contributed by atoms with Gasteiger partial charge in [-0.1, -0.05) is 33.3 Å². The van der Waals surface area contributed by atoms with E-state index in [4.69, 9.17) is 0 Å². The summed E-state index contributed by atoms with van der Waals surface area (Å²) in [6, 6.07) is 4.09. The van der Waals surface area contributed by atoms with Crippen LogP contribution in [-0.2, 0) is 16.6 Å². The third kappa shape index (κ3) is 2.28. The standard InChI is InChI=1S/C20H28O3/c1-12(2)14-11-15-13(10-16(14)21)6-7-17-19(15,3)8-5-9-20(17,4)18(22)23/h10-12,17,21H,5-9H2,1-4H3,(H,22,23)/t17-,19-,20+/m1/s1. The van der Waals surface area contributed by atoms with E-state index in [1.807, 2.05) is 13.0 Å². The maximum absolute atomic E-state index is 12.0. The van der Waals surface area contributed by atoms with Crippen LogP contribution < -0.4 is 0 Å². The summed E-state index contributed by atoms with van der Waals surface area (Å²) < 4.78 is 0. The number of aliphatic carboxylic acids is 1. The first-order chi connectivity index (χ1) is 10.7. The Kier molecular flexibility index (Phi) is 3.74. The molecule has 1 aromatic carbocycles. The van der Waals surface area contributed by atoms with Crippen molar-refractivity contribution >= 4 is 5.97 Å². The van der Waals surface area contributed by atoms with Gasteiger partial charge in [0.25, 0.3) is 0 Å². The van der Waals surface area contributed by atoms with Crippen molar-refractivity contribution in [2.45, 2.75) is 71.1 Å². The lowest BCUT2D eigenvalue weighted by molar-refractivity contribution is -0.157. The monoisotopic (exact) mass is 316 g/mol. The van der Waals surface area contributed by atoms with Crippen LogP contribution in [0.3, 0.4) is 0 Å². The Balaban J connectivity index is 2.15. The molecule has 0 aliphatic heterocycles. The highest BCUT2D eigenvalue weighted by Gasteiger charge is 2.55. The van der Waals surface area contributed by atoms with Gasteiger partial charge in [-0.25, -0.2) is 0 Å². The van der Waals surface area contributed by atoms with Gasteiger partial charge in [0.1, 0.15) is 5.75 Å². The van der Waals surface area contributed by atoms with Crippen molar-refractivity contribution in [3.8, 4) is 5.75 Å². The number of phenols is 1. The lowest BCUT2D eigenvalue weighted by Gasteiger charge is -2.53. The van der Waals surface area contributed by atoms with Gasteiger partial charge in [-0.15, -0.1) is 0 Å². The second-order valence-electron chi connectivity index (χ2n) is 8.31. The Morgan fingerprint density at radius 3 is 2.57 bits per heavy atom. The predicted molar refractivity (Wildman–Crippen MR) is 91.0 cm³/mol. The molecular weight excluding hydrogens is 288 g/mol. The van der Waals surface area contributed by atoms with E-state index in [2.05, 4.69) is 26.8 Å². The van der Waals surface area contributed by atoms with E-state index >= 15 is 0 Å². The van der Waals surface area contributed by atoms with E-state index in [1.165, 1.54) is 11.1 Å². The minimum atomic E-state index is -0.653. The second-order valence-corrected chi connectivity index (χ2v) is 8.31. The topological polar surface area (TPSA) is 57.5 Å². The number of carboxylic acids is 1. The van der Waals surface area contributed by atoms with Crippen LogP contribution in [0, 0.1) is 11.3 Å². The fourth-order valence-electron chi connectivity index (χ4n) is 5.24. The molecule has 0 bridgehead atoms. The molecule has 1 aromatic rings. The largest absolute Gasteiger partial charge is 0.508 e. The van der Waals surface area contributed by atoms with Crippen LogP contribution in [0.2, 0.25) is 0 Å². The summed E-state index contributed by atoms with van der Waals surface area (Å²) in [5.74, 6) is 0.161. The summed E-state index contributed by atoms with van der Waals surface area (Å²) in [4.78, 5) is 12.0. The first kappa shape index (κ1) is 16.4. The maximum atomic E-state index is 12.0. The van der Waals surface area contributed by atoms with Crippen LogP contribution in [0.15, 0.2) is 12.1 Å². The molecule has 0 aromatic heterocycles. The zero-order chi connectivity index (χ0) is 17.0. The molecular formula is C20H28O3. The Morgan fingerprint density at radius 1 is 1.26 bits per heavy atom. The number of aromatic hydroxyl groups is 1. The van der Waals surface area contributed by atoms with Crippen LogP contribution in [0.4, 0.5) is 0 Å². The number of aryl methyl sites for hydroxylation is 1. The van der Waals surface area contributed by atoms with Gasteiger partial charge < -0.3 is 10.2 Å². The molecule has 23 heavy (non-hydrogen) atoms. The number of phenolic OH excluding ortho intramolecular Hbond substituents is 1. The van der Waals surface area contributed by atoms with E-state index in [9.17, 15) is 15.0 Å². The average Bonchev–Trinajstić information content (AvgIpc) is 2.45. The molecule has 3 heteroatoms. The van der Waals surface area contributed by atoms with Crippen molar-refractivity contribution in [3.63, 3.8) is 0 Å². The van der Waals surface area contributed by atoms with E-state index < -0.39 is 11.4 Å². The van der Waals surface area contributed by atoms with Gasteiger partial charge in [0.2, 0.25) is 0 Å². The summed E-state index contributed by atoms with van der Waals surface area (Å²) >= 11 is 0. The molecule has 0 saturated heterocycles. The number of fused-ring (bicyclic) bond motifs is 3. The molecule has 2 aliphatic rings. The number of benzene rings is 1. The number of carboxylic acid groups (broad SMARTS) is 1. The van der Waals surface area contributed by atoms with E-state index in [0.717, 1.165) is 37.7 Å². The summed E-state index contributed by atoms with van der Waals surface area (Å²) in [5, 5.41) is 20.2. The van der Waals surface area contributed by atoms with Crippen molar-refractivity contribution in [2.24, 2.45) is 11.3 Å². The molecule has 0 heterocycles. The molecule has 0 unspecified atom stereocenters. The minimum absolute atomic E-state index is 0.101. The SMILES string of the molecule is CC(C)c1cc2c(cc1O)CC[C@H]1[C@@](C)(C(=O)O)CCC[C@]21C. The second kappa shape index (κ2) is 5.25. The molecule has 2 aliphatic carbocycles. The van der Waals surface area contributed by atoms with Crippen LogP contribution in [0.25, 0.3) is 0 Å². The van der Waals surface area contributed by atoms with Gasteiger partial charge in [0.15, 0.2) is 0 Å². The smallest absolute Gasteiger partial charge is 0.309 e. The summed E-state index contributed by atoms with van der Waals surface area (Å²) in [6.07, 6.45) is 4.52. The van der Waals surface area contributed by atoms with Gasteiger partial charge in [-0.2, -0.15) is 0 Å². The third-order valence-electron chi connectivity index (χ3n) is 6.61. The number of rotatable bonds is 2. The molecule has 1 saturated carbocycles. The fourth-order valence-corrected chi connectivity index (χ4v) is 5.24. The summed E-state index contributed by atoms with van der Waals surface area (Å²) in [5.41, 5.74) is 2.73. The van der Waals surface area contributed by atoms with Crippen LogP contribution in [0.5, 0.6) is 5.75 Å². The Morgan fingerprint density at radius 2 is 1.96 bits per heavy atom. The molecule has 3 atom stereocenters. The molecule has 3 nitrogen and oxygen atoms in total. The van der Waals surface area contributed by atoms with E-state index in [0.29, 0.717) is 5.75 Å². The van der Waals surface area contributed by atoms with Gasteiger partial charge in [-0.3, -0.25) is 4.79 Å². The molecule has 1 fully saturated rings. The van der Waals surface area contributed by atoms with Gasteiger partial charge >= 0.3 is 5.97 Å². The first-order valence-corrected chi connectivity index (χ1v) is 8.80. The van der Waals surface area contributed by atoms with E-state index in [1.54, 1.807) is 0 Å². The van der Waals surface area contributed by atoms with Gasteiger partial charge in [0, 0.05) is 0 Å². The van der Waals surface area contributed by atoms with Crippen molar-refractivity contribution < 1.29 is 15.0 Å². The highest BCUT2D eigenvalue weighted by atomic mass is 16.4. The molecule has 0 amide bonds. The van der Waals surface area contributed by atoms with Gasteiger partial charge in [0.05, 0.1) is 5.41 Å². The van der Waals surface area contributed by atoms with Gasteiger partial charge in [-0.05, 0) is 72.6 Å². The van der Waals surface area contributed by atoms with Crippen molar-refractivity contribution in [2.75, 3.05) is 0 Å². The number of carbonyl (C=O) groups is 1. The normalized spacial score (nSPS) is 33.2.